The minimum absolute atomic E-state index is 0.00856. The van der Waals surface area contributed by atoms with Crippen LogP contribution >= 0.6 is 0 Å². The van der Waals surface area contributed by atoms with Gasteiger partial charge in [-0.1, -0.05) is 26.0 Å². The van der Waals surface area contributed by atoms with Gasteiger partial charge in [0, 0.05) is 18.8 Å². The van der Waals surface area contributed by atoms with Crippen LogP contribution in [0.4, 0.5) is 21.5 Å². The van der Waals surface area contributed by atoms with Gasteiger partial charge in [0.15, 0.2) is 0 Å². The first kappa shape index (κ1) is 18.2. The molecule has 26 heavy (non-hydrogen) atoms. The number of hydrogen-bond donors (Lipinski definition) is 2. The Morgan fingerprint density at radius 2 is 1.85 bits per heavy atom. The fourth-order valence-corrected chi connectivity index (χ4v) is 3.86. The van der Waals surface area contributed by atoms with Crippen LogP contribution in [0.3, 0.4) is 0 Å². The molecule has 1 saturated heterocycles. The number of anilines is 3. The van der Waals surface area contributed by atoms with Crippen LogP contribution < -0.4 is 16.0 Å². The van der Waals surface area contributed by atoms with Crippen molar-refractivity contribution in [3.05, 3.63) is 53.3 Å². The normalized spacial score (nSPS) is 20.1. The second kappa shape index (κ2) is 7.36. The van der Waals surface area contributed by atoms with Crippen molar-refractivity contribution >= 4 is 23.0 Å². The number of nitrogens with zero attached hydrogens (tertiary/aromatic N) is 1. The first-order chi connectivity index (χ1) is 12.3. The minimum atomic E-state index is -0.547. The van der Waals surface area contributed by atoms with Crippen LogP contribution in [0.5, 0.6) is 0 Å². The van der Waals surface area contributed by atoms with Gasteiger partial charge in [0.25, 0.3) is 5.91 Å². The summed E-state index contributed by atoms with van der Waals surface area (Å²) < 4.78 is 13.9. The lowest BCUT2D eigenvalue weighted by Gasteiger charge is -2.37. The second-order valence-electron chi connectivity index (χ2n) is 7.51. The van der Waals surface area contributed by atoms with E-state index < -0.39 is 11.7 Å². The Labute approximate surface area is 154 Å². The molecule has 4 nitrogen and oxygen atoms in total. The molecule has 0 bridgehead atoms. The molecule has 3 N–H and O–H groups in total. The average molecular weight is 355 g/mol. The number of rotatable bonds is 3. The Morgan fingerprint density at radius 1 is 1.19 bits per heavy atom. The highest BCUT2D eigenvalue weighted by Crippen LogP contribution is 2.33. The lowest BCUT2D eigenvalue weighted by Crippen LogP contribution is -2.39. The number of amides is 1. The van der Waals surface area contributed by atoms with Gasteiger partial charge in [-0.05, 0) is 55.0 Å². The molecule has 1 heterocycles. The molecule has 5 heteroatoms. The van der Waals surface area contributed by atoms with Crippen LogP contribution in [-0.2, 0) is 0 Å². The molecule has 1 fully saturated rings. The Hall–Kier alpha value is -2.56. The number of aryl methyl sites for hydroxylation is 1. The van der Waals surface area contributed by atoms with Gasteiger partial charge in [-0.3, -0.25) is 4.79 Å². The van der Waals surface area contributed by atoms with Crippen LogP contribution in [0.2, 0.25) is 0 Å². The van der Waals surface area contributed by atoms with Gasteiger partial charge in [0.1, 0.15) is 5.82 Å². The highest BCUT2D eigenvalue weighted by molar-refractivity contribution is 6.06. The number of nitrogens with one attached hydrogen (secondary N) is 1. The molecule has 1 aliphatic rings. The highest BCUT2D eigenvalue weighted by Gasteiger charge is 2.24. The van der Waals surface area contributed by atoms with Gasteiger partial charge in [-0.15, -0.1) is 0 Å². The Kier molecular flexibility index (Phi) is 5.16. The topological polar surface area (TPSA) is 58.4 Å². The zero-order chi connectivity index (χ0) is 18.8. The summed E-state index contributed by atoms with van der Waals surface area (Å²) in [7, 11) is 0. The van der Waals surface area contributed by atoms with Gasteiger partial charge in [0.05, 0.1) is 16.9 Å². The van der Waals surface area contributed by atoms with Gasteiger partial charge < -0.3 is 16.0 Å². The summed E-state index contributed by atoms with van der Waals surface area (Å²) in [6, 6.07) is 9.71. The first-order valence-electron chi connectivity index (χ1n) is 9.06. The summed E-state index contributed by atoms with van der Waals surface area (Å²) in [5, 5.41) is 2.77. The van der Waals surface area contributed by atoms with Crippen molar-refractivity contribution in [1.82, 2.24) is 0 Å². The summed E-state index contributed by atoms with van der Waals surface area (Å²) in [5.74, 6) is 0.193. The number of nitrogens with two attached hydrogens (primary N) is 1. The van der Waals surface area contributed by atoms with Crippen LogP contribution in [0.25, 0.3) is 0 Å². The molecule has 0 radical (unpaired) electrons. The maximum atomic E-state index is 13.9. The number of benzene rings is 2. The van der Waals surface area contributed by atoms with Crippen molar-refractivity contribution in [1.29, 1.82) is 0 Å². The molecule has 2 aromatic rings. The zero-order valence-electron chi connectivity index (χ0n) is 15.6. The molecule has 3 rings (SSSR count). The minimum Gasteiger partial charge on any atom is -0.397 e. The fraction of sp³-hybridized carbons (Fsp3) is 0.381. The fourth-order valence-electron chi connectivity index (χ4n) is 3.86. The van der Waals surface area contributed by atoms with E-state index in [1.807, 2.05) is 19.1 Å². The van der Waals surface area contributed by atoms with Crippen molar-refractivity contribution in [2.75, 3.05) is 29.0 Å². The van der Waals surface area contributed by atoms with Crippen LogP contribution in [-0.4, -0.2) is 19.0 Å². The Morgan fingerprint density at radius 3 is 2.50 bits per heavy atom. The second-order valence-corrected chi connectivity index (χ2v) is 7.51. The molecular formula is C21H26FN3O. The van der Waals surface area contributed by atoms with E-state index in [1.54, 1.807) is 12.1 Å². The van der Waals surface area contributed by atoms with Crippen LogP contribution in [0.1, 0.15) is 36.2 Å². The number of nitrogen functional groups attached to an aromatic ring is 1. The van der Waals surface area contributed by atoms with Crippen molar-refractivity contribution in [2.45, 2.75) is 27.2 Å². The summed E-state index contributed by atoms with van der Waals surface area (Å²) in [4.78, 5) is 14.8. The summed E-state index contributed by atoms with van der Waals surface area (Å²) in [5.41, 5.74) is 9.27. The summed E-state index contributed by atoms with van der Waals surface area (Å²) in [6.07, 6.45) is 1.22. The molecule has 1 aliphatic heterocycles. The standard InChI is InChI=1S/C21H26FN3O/c1-13-8-14(2)12-25(11-13)20-10-19(18(23)9-15(20)3)24-21(26)16-6-4-5-7-17(16)22/h4-7,9-10,13-14H,8,11-12,23H2,1-3H3,(H,24,26)/t13-,14+. The predicted octanol–water partition coefficient (Wildman–Crippen LogP) is 4.45. The lowest BCUT2D eigenvalue weighted by atomic mass is 9.91. The number of halogens is 1. The molecule has 0 aliphatic carbocycles. The molecule has 138 valence electrons. The Bertz CT molecular complexity index is 811. The largest absolute Gasteiger partial charge is 0.397 e. The van der Waals surface area contributed by atoms with E-state index in [4.69, 9.17) is 5.73 Å². The molecule has 2 atom stereocenters. The van der Waals surface area contributed by atoms with Gasteiger partial charge in [0.2, 0.25) is 0 Å². The van der Waals surface area contributed by atoms with Crippen molar-refractivity contribution in [2.24, 2.45) is 11.8 Å². The third kappa shape index (κ3) is 3.82. The van der Waals surface area contributed by atoms with E-state index in [1.165, 1.54) is 18.6 Å². The van der Waals surface area contributed by atoms with Crippen LogP contribution in [0, 0.1) is 24.6 Å². The van der Waals surface area contributed by atoms with E-state index in [-0.39, 0.29) is 5.56 Å². The first-order valence-corrected chi connectivity index (χ1v) is 9.06. The molecule has 0 spiro atoms. The molecule has 2 aromatic carbocycles. The van der Waals surface area contributed by atoms with E-state index in [2.05, 4.69) is 24.1 Å². The highest BCUT2D eigenvalue weighted by atomic mass is 19.1. The summed E-state index contributed by atoms with van der Waals surface area (Å²) >= 11 is 0. The molecule has 0 unspecified atom stereocenters. The molecule has 1 amide bonds. The Balaban J connectivity index is 1.89. The monoisotopic (exact) mass is 355 g/mol. The number of carbonyl (C=O) groups is 1. The number of hydrogen-bond acceptors (Lipinski definition) is 3. The van der Waals surface area contributed by atoms with Crippen LogP contribution in [0.15, 0.2) is 36.4 Å². The quantitative estimate of drug-likeness (QED) is 0.800. The SMILES string of the molecule is Cc1cc(N)c(NC(=O)c2ccccc2F)cc1N1C[C@H](C)C[C@H](C)C1. The molecule has 0 saturated carbocycles. The zero-order valence-corrected chi connectivity index (χ0v) is 15.6. The van der Waals surface area contributed by atoms with Gasteiger partial charge >= 0.3 is 0 Å². The number of carbonyl (C=O) groups excluding carboxylic acids is 1. The van der Waals surface area contributed by atoms with E-state index >= 15 is 0 Å². The number of piperidine rings is 1. The van der Waals surface area contributed by atoms with E-state index in [9.17, 15) is 9.18 Å². The molecular weight excluding hydrogens is 329 g/mol. The predicted molar refractivity (Wildman–Crippen MR) is 105 cm³/mol. The average Bonchev–Trinajstić information content (AvgIpc) is 2.56. The third-order valence-electron chi connectivity index (χ3n) is 4.94. The van der Waals surface area contributed by atoms with Crippen molar-refractivity contribution in [3.8, 4) is 0 Å². The van der Waals surface area contributed by atoms with E-state index in [0.717, 1.165) is 24.3 Å². The van der Waals surface area contributed by atoms with Gasteiger partial charge in [-0.25, -0.2) is 4.39 Å². The lowest BCUT2D eigenvalue weighted by molar-refractivity contribution is 0.102. The van der Waals surface area contributed by atoms with Crippen molar-refractivity contribution < 1.29 is 9.18 Å². The van der Waals surface area contributed by atoms with Gasteiger partial charge in [-0.2, -0.15) is 0 Å². The van der Waals surface area contributed by atoms with E-state index in [0.29, 0.717) is 23.2 Å². The maximum absolute atomic E-state index is 13.9. The molecule has 0 aromatic heterocycles. The summed E-state index contributed by atoms with van der Waals surface area (Å²) in [6.45, 7) is 8.51. The third-order valence-corrected chi connectivity index (χ3v) is 4.94. The smallest absolute Gasteiger partial charge is 0.258 e. The van der Waals surface area contributed by atoms with Crippen molar-refractivity contribution in [3.63, 3.8) is 0 Å². The maximum Gasteiger partial charge on any atom is 0.258 e.